The molecule has 4 N–H and O–H groups in total. The van der Waals surface area contributed by atoms with Gasteiger partial charge in [0.2, 0.25) is 0 Å². The quantitative estimate of drug-likeness (QED) is 0.524. The van der Waals surface area contributed by atoms with E-state index in [1.807, 2.05) is 38.1 Å². The number of fused-ring (bicyclic) bond motifs is 1. The highest BCUT2D eigenvalue weighted by molar-refractivity contribution is 5.83. The average Bonchev–Trinajstić information content (AvgIpc) is 2.71. The molecule has 1 amide bonds. The van der Waals surface area contributed by atoms with Crippen LogP contribution in [0.25, 0.3) is 10.9 Å². The molecular weight excluding hydrogens is 382 g/mol. The van der Waals surface area contributed by atoms with E-state index in [-0.39, 0.29) is 5.92 Å². The molecule has 0 spiro atoms. The largest absolute Gasteiger partial charge is 0.497 e. The third-order valence-corrected chi connectivity index (χ3v) is 6.09. The number of carboxylic acid groups (broad SMARTS) is 1. The summed E-state index contributed by atoms with van der Waals surface area (Å²) in [4.78, 5) is 15.6. The Morgan fingerprint density at radius 2 is 2.20 bits per heavy atom. The first kappa shape index (κ1) is 22.3. The molecule has 0 saturated carbocycles. The van der Waals surface area contributed by atoms with E-state index in [4.69, 9.17) is 4.74 Å². The van der Waals surface area contributed by atoms with E-state index in [2.05, 4.69) is 15.6 Å². The number of ether oxygens (including phenoxy) is 1. The molecule has 164 valence electrons. The van der Waals surface area contributed by atoms with Crippen LogP contribution in [-0.4, -0.2) is 47.0 Å². The van der Waals surface area contributed by atoms with Crippen molar-refractivity contribution < 1.29 is 19.7 Å². The molecule has 1 aromatic heterocycles. The van der Waals surface area contributed by atoms with Crippen LogP contribution in [0.1, 0.15) is 51.2 Å². The fourth-order valence-electron chi connectivity index (χ4n) is 4.70. The molecule has 0 aliphatic carbocycles. The van der Waals surface area contributed by atoms with Gasteiger partial charge < -0.3 is 25.6 Å². The van der Waals surface area contributed by atoms with Crippen LogP contribution in [0, 0.1) is 11.8 Å². The lowest BCUT2D eigenvalue weighted by molar-refractivity contribution is 0.0979. The van der Waals surface area contributed by atoms with Gasteiger partial charge in [-0.2, -0.15) is 0 Å². The summed E-state index contributed by atoms with van der Waals surface area (Å²) < 4.78 is 5.35. The van der Waals surface area contributed by atoms with Crippen molar-refractivity contribution in [2.24, 2.45) is 11.8 Å². The maximum absolute atomic E-state index is 11.2. The number of hydrogen-bond donors (Lipinski definition) is 4. The number of amides is 1. The van der Waals surface area contributed by atoms with Crippen molar-refractivity contribution in [3.63, 3.8) is 0 Å². The highest BCUT2D eigenvalue weighted by atomic mass is 16.5. The number of hydrogen-bond acceptors (Lipinski definition) is 5. The first-order valence-electron chi connectivity index (χ1n) is 10.6. The summed E-state index contributed by atoms with van der Waals surface area (Å²) in [7, 11) is 1.62. The Bertz CT molecular complexity index is 865. The number of carbonyl (C=O) groups is 1. The second-order valence-electron chi connectivity index (χ2n) is 8.92. The Hall–Kier alpha value is -2.38. The van der Waals surface area contributed by atoms with Gasteiger partial charge in [0.25, 0.3) is 0 Å². The third kappa shape index (κ3) is 5.61. The number of aromatic nitrogens is 1. The van der Waals surface area contributed by atoms with Gasteiger partial charge in [-0.05, 0) is 94.3 Å². The van der Waals surface area contributed by atoms with Crippen molar-refractivity contribution in [3.8, 4) is 5.75 Å². The summed E-state index contributed by atoms with van der Waals surface area (Å²) in [6.45, 7) is 5.72. The molecule has 7 nitrogen and oxygen atoms in total. The zero-order chi connectivity index (χ0) is 21.7. The van der Waals surface area contributed by atoms with Gasteiger partial charge in [-0.25, -0.2) is 4.79 Å². The van der Waals surface area contributed by atoms with Gasteiger partial charge in [-0.15, -0.1) is 0 Å². The highest BCUT2D eigenvalue weighted by Crippen LogP contribution is 2.37. The number of rotatable bonds is 8. The van der Waals surface area contributed by atoms with Gasteiger partial charge in [-0.3, -0.25) is 4.98 Å². The monoisotopic (exact) mass is 415 g/mol. The van der Waals surface area contributed by atoms with Crippen molar-refractivity contribution in [1.29, 1.82) is 0 Å². The molecule has 2 heterocycles. The van der Waals surface area contributed by atoms with E-state index in [9.17, 15) is 15.0 Å². The predicted molar refractivity (Wildman–Crippen MR) is 117 cm³/mol. The maximum Gasteiger partial charge on any atom is 0.405 e. The molecule has 1 aromatic carbocycles. The number of nitrogens with zero attached hydrogens (tertiary/aromatic N) is 1. The molecule has 0 radical (unpaired) electrons. The van der Waals surface area contributed by atoms with Crippen molar-refractivity contribution in [2.45, 2.75) is 51.2 Å². The van der Waals surface area contributed by atoms with Crippen LogP contribution >= 0.6 is 0 Å². The first-order valence-corrected chi connectivity index (χ1v) is 10.6. The molecule has 1 aliphatic heterocycles. The summed E-state index contributed by atoms with van der Waals surface area (Å²) in [5, 5.41) is 27.4. The maximum atomic E-state index is 11.2. The lowest BCUT2D eigenvalue weighted by Crippen LogP contribution is -2.46. The molecular formula is C23H33N3O4. The predicted octanol–water partition coefficient (Wildman–Crippen LogP) is 3.72. The van der Waals surface area contributed by atoms with E-state index in [1.165, 1.54) is 0 Å². The van der Waals surface area contributed by atoms with Crippen LogP contribution in [-0.2, 0) is 0 Å². The number of methoxy groups -OCH3 is 1. The number of benzene rings is 1. The second kappa shape index (κ2) is 9.62. The summed E-state index contributed by atoms with van der Waals surface area (Å²) >= 11 is 0. The molecule has 3 unspecified atom stereocenters. The zero-order valence-electron chi connectivity index (χ0n) is 18.0. The molecule has 2 aromatic rings. The van der Waals surface area contributed by atoms with E-state index < -0.39 is 17.7 Å². The van der Waals surface area contributed by atoms with Crippen LogP contribution in [0.4, 0.5) is 4.79 Å². The fourth-order valence-corrected chi connectivity index (χ4v) is 4.70. The Morgan fingerprint density at radius 3 is 2.87 bits per heavy atom. The SMILES string of the molecule is COc1ccc2nccc(C(O)CC(CC(C)(C)NC(=O)O)C3CCCNC3)c2c1. The normalized spacial score (nSPS) is 19.3. The van der Waals surface area contributed by atoms with Crippen molar-refractivity contribution in [1.82, 2.24) is 15.6 Å². The van der Waals surface area contributed by atoms with E-state index in [0.717, 1.165) is 48.1 Å². The lowest BCUT2D eigenvalue weighted by Gasteiger charge is -2.37. The minimum atomic E-state index is -1.02. The van der Waals surface area contributed by atoms with E-state index in [0.29, 0.717) is 18.8 Å². The number of aliphatic hydroxyl groups excluding tert-OH is 1. The van der Waals surface area contributed by atoms with Gasteiger partial charge in [0.1, 0.15) is 5.75 Å². The Morgan fingerprint density at radius 1 is 1.40 bits per heavy atom. The number of aliphatic hydroxyl groups is 1. The number of nitrogens with one attached hydrogen (secondary N) is 2. The van der Waals surface area contributed by atoms with E-state index in [1.54, 1.807) is 13.3 Å². The molecule has 1 fully saturated rings. The van der Waals surface area contributed by atoms with Gasteiger partial charge in [0.05, 0.1) is 18.7 Å². The second-order valence-corrected chi connectivity index (χ2v) is 8.92. The van der Waals surface area contributed by atoms with Gasteiger partial charge in [-0.1, -0.05) is 0 Å². The fraction of sp³-hybridized carbons (Fsp3) is 0.565. The number of pyridine rings is 1. The van der Waals surface area contributed by atoms with Gasteiger partial charge in [0.15, 0.2) is 0 Å². The van der Waals surface area contributed by atoms with Crippen molar-refractivity contribution in [3.05, 3.63) is 36.0 Å². The summed E-state index contributed by atoms with van der Waals surface area (Å²) in [6, 6.07) is 7.53. The number of piperidine rings is 1. The van der Waals surface area contributed by atoms with Crippen LogP contribution < -0.4 is 15.4 Å². The molecule has 1 saturated heterocycles. The highest BCUT2D eigenvalue weighted by Gasteiger charge is 2.33. The van der Waals surface area contributed by atoms with Gasteiger partial charge >= 0.3 is 6.09 Å². The molecule has 1 aliphatic rings. The molecule has 30 heavy (non-hydrogen) atoms. The topological polar surface area (TPSA) is 104 Å². The standard InChI is InChI=1S/C23H33N3O4/c1-23(2,26-22(28)29)13-16(15-5-4-9-24-14-15)11-21(27)18-8-10-25-20-7-6-17(30-3)12-19(18)20/h6-8,10,12,15-16,21,24,26-27H,4-5,9,11,13-14H2,1-3H3,(H,28,29). The molecule has 3 rings (SSSR count). The summed E-state index contributed by atoms with van der Waals surface area (Å²) in [6.07, 6.45) is 3.43. The van der Waals surface area contributed by atoms with Gasteiger partial charge in [0, 0.05) is 17.1 Å². The molecule has 7 heteroatoms. The minimum absolute atomic E-state index is 0.170. The van der Waals surface area contributed by atoms with Crippen LogP contribution in [0.3, 0.4) is 0 Å². The van der Waals surface area contributed by atoms with Crippen LogP contribution in [0.5, 0.6) is 5.75 Å². The Labute approximate surface area is 177 Å². The van der Waals surface area contributed by atoms with Crippen molar-refractivity contribution >= 4 is 17.0 Å². The Balaban J connectivity index is 1.86. The molecule has 0 bridgehead atoms. The van der Waals surface area contributed by atoms with Crippen molar-refractivity contribution in [2.75, 3.05) is 20.2 Å². The smallest absolute Gasteiger partial charge is 0.405 e. The zero-order valence-corrected chi connectivity index (χ0v) is 18.0. The van der Waals surface area contributed by atoms with Crippen LogP contribution in [0.2, 0.25) is 0 Å². The summed E-state index contributed by atoms with van der Waals surface area (Å²) in [5.74, 6) is 1.29. The molecule has 3 atom stereocenters. The lowest BCUT2D eigenvalue weighted by atomic mass is 9.75. The van der Waals surface area contributed by atoms with Crippen LogP contribution in [0.15, 0.2) is 30.5 Å². The Kier molecular flexibility index (Phi) is 7.15. The van der Waals surface area contributed by atoms with E-state index >= 15 is 0 Å². The first-order chi connectivity index (χ1) is 14.3. The minimum Gasteiger partial charge on any atom is -0.497 e. The average molecular weight is 416 g/mol. The third-order valence-electron chi connectivity index (χ3n) is 6.09. The summed E-state index contributed by atoms with van der Waals surface area (Å²) in [5.41, 5.74) is 1.07.